The van der Waals surface area contributed by atoms with Crippen LogP contribution in [0.15, 0.2) is 0 Å². The van der Waals surface area contributed by atoms with Crippen molar-refractivity contribution in [2.75, 3.05) is 10.7 Å². The number of hydrogen-bond acceptors (Lipinski definition) is 12. The van der Waals surface area contributed by atoms with Gasteiger partial charge in [-0.15, -0.1) is 0 Å². The summed E-state index contributed by atoms with van der Waals surface area (Å²) in [5, 5.41) is 72.5. The molecule has 0 aliphatic heterocycles. The molecule has 0 saturated heterocycles. The molecule has 1 unspecified atom stereocenters. The SMILES string of the molecule is CC(=O)[C@H]1CC[C@H]2[C@@H]3CC[C@@H]4C[C@@](C)(O)CC[C@@H]4[C@H]3CC[C@]12C.CC(=O)[C@H]1CC[C@H]2[C@@H]3CC[C@@H]4C[C@](C)(O)CC[C@@H]4[C@H]3CC[C@]12C.CC(O)[C@H]1CC[C@H]2[C@@H]3CC[C@@H]4C[C@](C)(O)CC[C@@H]4[C@H]3CC[C@]12C.C[C@@]1(O)CC[C@H]2[C@H](CC[C@@H]3[C@@H]2CC[C@]2(C)[C@@H](C(=O)CBr)CC[C@@H]32)C1.C[C@]1(O)CC[C@H]2[C@H](CC[C@@H]3[C@@H]2CC[C@]2(C)[C@@H](C(=O)CBr)CC[C@@H]32)C1.O=C([O-])C(F)(F)F.[Na+]. The van der Waals surface area contributed by atoms with Crippen molar-refractivity contribution in [3.63, 3.8) is 0 Å². The number of carboxylic acids is 1. The zero-order chi connectivity index (χ0) is 89.5. The van der Waals surface area contributed by atoms with Crippen molar-refractivity contribution in [3.05, 3.63) is 0 Å². The largest absolute Gasteiger partial charge is 1.00 e. The number of aliphatic carboxylic acids is 1. The molecule has 0 amide bonds. The van der Waals surface area contributed by atoms with Crippen LogP contribution in [0.4, 0.5) is 13.2 Å². The molecule has 0 spiro atoms. The molecular weight excluding hydrogens is 1720 g/mol. The van der Waals surface area contributed by atoms with Gasteiger partial charge in [0.1, 0.15) is 29.1 Å². The Morgan fingerprint density at radius 3 is 0.728 bits per heavy atom. The number of carboxylic acid groups (broad SMARTS) is 1. The molecule has 41 atom stereocenters. The summed E-state index contributed by atoms with van der Waals surface area (Å²) in [6, 6.07) is 0. The number of halogens is 5. The normalized spacial score (nSPS) is 52.3. The number of fused-ring (bicyclic) bond motifs is 25. The Kier molecular flexibility index (Phi) is 30.8. The van der Waals surface area contributed by atoms with E-state index in [1.54, 1.807) is 0 Å². The van der Waals surface area contributed by atoms with Crippen LogP contribution in [0.3, 0.4) is 0 Å². The molecule has 0 aromatic carbocycles. The first-order chi connectivity index (χ1) is 58.1. The van der Waals surface area contributed by atoms with E-state index in [1.165, 1.54) is 199 Å². The van der Waals surface area contributed by atoms with Crippen molar-refractivity contribution in [1.29, 1.82) is 0 Å². The summed E-state index contributed by atoms with van der Waals surface area (Å²) in [6.07, 6.45) is 49.7. The van der Waals surface area contributed by atoms with Gasteiger partial charge in [-0.25, -0.2) is 0 Å². The Morgan fingerprint density at radius 1 is 0.312 bits per heavy atom. The van der Waals surface area contributed by atoms with E-state index >= 15 is 0 Å². The average molecular weight is 1890 g/mol. The van der Waals surface area contributed by atoms with Crippen LogP contribution < -0.4 is 34.7 Å². The molecule has 20 aliphatic rings. The van der Waals surface area contributed by atoms with Gasteiger partial charge in [0.2, 0.25) is 0 Å². The number of Topliss-reactive ketones (excluding diaryl/α,β-unsaturated/α-hetero) is 4. The van der Waals surface area contributed by atoms with Crippen molar-refractivity contribution < 1.29 is 102 Å². The second-order valence-corrected chi connectivity index (χ2v) is 51.9. The van der Waals surface area contributed by atoms with Gasteiger partial charge in [-0.2, -0.15) is 13.2 Å². The molecule has 0 bridgehead atoms. The van der Waals surface area contributed by atoms with Gasteiger partial charge in [0.15, 0.2) is 0 Å². The summed E-state index contributed by atoms with van der Waals surface area (Å²) < 4.78 is 31.5. The Labute approximate surface area is 791 Å². The summed E-state index contributed by atoms with van der Waals surface area (Å²) in [5.41, 5.74) is -0.563. The van der Waals surface area contributed by atoms with Crippen LogP contribution in [0.25, 0.3) is 0 Å². The van der Waals surface area contributed by atoms with E-state index in [1.807, 2.05) is 48.5 Å². The van der Waals surface area contributed by atoms with Crippen LogP contribution in [0.1, 0.15) is 379 Å². The van der Waals surface area contributed by atoms with E-state index in [0.29, 0.717) is 79.6 Å². The molecule has 12 nitrogen and oxygen atoms in total. The van der Waals surface area contributed by atoms with Crippen LogP contribution in [0, 0.1) is 205 Å². The Bertz CT molecular complexity index is 3590. The van der Waals surface area contributed by atoms with E-state index in [2.05, 4.69) is 73.4 Å². The van der Waals surface area contributed by atoms with Crippen molar-refractivity contribution in [2.45, 2.75) is 419 Å². The molecule has 20 saturated carbocycles. The van der Waals surface area contributed by atoms with Gasteiger partial charge in [0, 0.05) is 23.7 Å². The maximum Gasteiger partial charge on any atom is 1.00 e. The maximum absolute atomic E-state index is 12.5. The van der Waals surface area contributed by atoms with Gasteiger partial charge in [0.05, 0.1) is 44.8 Å². The Balaban J connectivity index is 0.000000124. The van der Waals surface area contributed by atoms with Gasteiger partial charge in [-0.1, -0.05) is 66.5 Å². The summed E-state index contributed by atoms with van der Waals surface area (Å²) in [6.45, 7) is 28.1. The molecule has 6 N–H and O–H groups in total. The fourth-order valence-corrected chi connectivity index (χ4v) is 39.6. The minimum absolute atomic E-state index is 0. The van der Waals surface area contributed by atoms with E-state index in [4.69, 9.17) is 9.90 Å². The van der Waals surface area contributed by atoms with Crippen LogP contribution >= 0.6 is 31.9 Å². The summed E-state index contributed by atoms with van der Waals surface area (Å²) in [5.74, 6) is 21.4. The molecule has 20 rings (SSSR count). The smallest absolute Gasteiger partial charge is 0.542 e. The van der Waals surface area contributed by atoms with Gasteiger partial charge >= 0.3 is 35.7 Å². The molecule has 125 heavy (non-hydrogen) atoms. The van der Waals surface area contributed by atoms with E-state index < -0.39 is 40.2 Å². The quantitative estimate of drug-likeness (QED) is 0.103. The van der Waals surface area contributed by atoms with Crippen LogP contribution in [-0.2, 0) is 24.0 Å². The fraction of sp³-hybridized carbons (Fsp3) is 0.953. The number of ketones is 4. The molecule has 0 aromatic heterocycles. The third-order valence-electron chi connectivity index (χ3n) is 44.1. The fourth-order valence-electron chi connectivity index (χ4n) is 38.8. The number of aliphatic hydroxyl groups excluding tert-OH is 1. The molecule has 706 valence electrons. The predicted octanol–water partition coefficient (Wildman–Crippen LogP) is 19.8. The van der Waals surface area contributed by atoms with Gasteiger partial charge < -0.3 is 40.5 Å². The third-order valence-corrected chi connectivity index (χ3v) is 45.2. The van der Waals surface area contributed by atoms with E-state index in [9.17, 15) is 63.0 Å². The molecule has 0 heterocycles. The summed E-state index contributed by atoms with van der Waals surface area (Å²) >= 11 is 6.83. The second kappa shape index (κ2) is 38.2. The number of aliphatic hydroxyl groups is 6. The summed E-state index contributed by atoms with van der Waals surface area (Å²) in [7, 11) is 0. The molecule has 20 fully saturated rings. The van der Waals surface area contributed by atoms with Gasteiger partial charge in [-0.3, -0.25) is 19.2 Å². The average Bonchev–Trinajstić information content (AvgIpc) is 1.62. The van der Waals surface area contributed by atoms with Crippen molar-refractivity contribution in [1.82, 2.24) is 0 Å². The molecule has 0 radical (unpaired) electrons. The number of rotatable bonds is 7. The minimum atomic E-state index is -5.19. The predicted molar refractivity (Wildman–Crippen MR) is 488 cm³/mol. The Hall–Kier alpha value is -0.340. The maximum atomic E-state index is 12.5. The third kappa shape index (κ3) is 19.7. The van der Waals surface area contributed by atoms with Gasteiger partial charge in [0.25, 0.3) is 0 Å². The first-order valence-electron chi connectivity index (χ1n) is 51.9. The second-order valence-electron chi connectivity index (χ2n) is 50.7. The number of carbonyl (C=O) groups excluding carboxylic acids is 5. The van der Waals surface area contributed by atoms with Gasteiger partial charge in [-0.05, 0) is 525 Å². The topological polar surface area (TPSA) is 230 Å². The monoisotopic (exact) mass is 1890 g/mol. The Morgan fingerprint density at radius 2 is 0.512 bits per heavy atom. The minimum Gasteiger partial charge on any atom is -0.542 e. The van der Waals surface area contributed by atoms with E-state index in [0.717, 1.165) is 238 Å². The number of hydrogen-bond donors (Lipinski definition) is 6. The van der Waals surface area contributed by atoms with Crippen LogP contribution in [0.2, 0.25) is 0 Å². The van der Waals surface area contributed by atoms with Crippen LogP contribution in [-0.4, -0.2) is 111 Å². The first-order valence-corrected chi connectivity index (χ1v) is 54.1. The first kappa shape index (κ1) is 101. The molecule has 18 heteroatoms. The standard InChI is InChI=1S/2C21H33BrO2.C21H36O2.2C21H34O2.C2HF3O2.Na/c2*1-20(24)9-7-14-13(11-20)3-4-16-15(14)8-10-21(2)17(16)5-6-18(21)19(23)12-22;3*1-13(22)18-6-7-19-17-5-4-14-12-20(2,23)10-8-15(14)16(17)9-11-21(18,19)3;3-2(4,5)1(6)7;/h2*13-18,24H,3-12H2,1-2H3;13-19,22-23H,4-12H2,1-3H3;2*14-19,23H,4-12H2,1-3H3;(H,6,7);/q;;;;;;+1/p-1/t13-,14+,15-,16-,17+,18-,20+,21+;13-,14+,15-,16-,17+,18-,20-,21+;13?,14-,15+,16-,17-,18-,19+,20-,21-;14-,15+,16-,17-,18-,19+,20+,21-;14-,15+,16-,17-,18-,19+,20-,21-;;/m11111../s1. The van der Waals surface area contributed by atoms with Crippen molar-refractivity contribution in [3.8, 4) is 0 Å². The van der Waals surface area contributed by atoms with E-state index in [-0.39, 0.29) is 46.5 Å². The number of alkyl halides is 5. The zero-order valence-electron chi connectivity index (χ0n) is 80.2. The van der Waals surface area contributed by atoms with Crippen molar-refractivity contribution >= 4 is 61.0 Å². The number of carbonyl (C=O) groups is 5. The molecule has 0 aromatic rings. The molecular formula is C107H170Br2F3NaO12. The molecule has 20 aliphatic carbocycles. The van der Waals surface area contributed by atoms with Crippen LogP contribution in [0.5, 0.6) is 0 Å². The van der Waals surface area contributed by atoms with Crippen molar-refractivity contribution in [2.24, 2.45) is 205 Å². The summed E-state index contributed by atoms with van der Waals surface area (Å²) in [4.78, 5) is 58.0. The zero-order valence-corrected chi connectivity index (χ0v) is 85.3.